The quantitative estimate of drug-likeness (QED) is 0.347. The van der Waals surface area contributed by atoms with E-state index in [1.807, 2.05) is 6.92 Å². The van der Waals surface area contributed by atoms with Crippen LogP contribution in [0.3, 0.4) is 0 Å². The molecule has 3 N–H and O–H groups in total. The molecule has 1 heterocycles. The number of ether oxygens (including phenoxy) is 2. The molecule has 1 aromatic rings. The van der Waals surface area contributed by atoms with E-state index < -0.39 is 37.5 Å². The Morgan fingerprint density at radius 2 is 2.10 bits per heavy atom. The highest BCUT2D eigenvalue weighted by molar-refractivity contribution is 6.47. The third kappa shape index (κ3) is 6.34. The Hall–Kier alpha value is -1.81. The molecule has 0 saturated heterocycles. The van der Waals surface area contributed by atoms with Crippen molar-refractivity contribution in [3.8, 4) is 5.75 Å². The number of benzene rings is 1. The van der Waals surface area contributed by atoms with Gasteiger partial charge in [0.2, 0.25) is 5.91 Å². The first-order chi connectivity index (χ1) is 13.5. The number of carbonyl (C=O) groups excluding carboxylic acids is 2. The number of amides is 1. The zero-order valence-electron chi connectivity index (χ0n) is 17.0. The van der Waals surface area contributed by atoms with Crippen molar-refractivity contribution in [2.45, 2.75) is 59.2 Å². The zero-order chi connectivity index (χ0) is 21.8. The van der Waals surface area contributed by atoms with E-state index in [1.54, 1.807) is 26.8 Å². The van der Waals surface area contributed by atoms with Gasteiger partial charge in [0, 0.05) is 17.0 Å². The minimum atomic E-state index is -1.49. The lowest BCUT2D eigenvalue weighted by molar-refractivity contribution is -0.193. The van der Waals surface area contributed by atoms with Crippen molar-refractivity contribution >= 4 is 30.6 Å². The summed E-state index contributed by atoms with van der Waals surface area (Å²) in [5.41, 5.74) is 0.0965. The van der Waals surface area contributed by atoms with Crippen LogP contribution in [0.25, 0.3) is 0 Å². The normalized spacial score (nSPS) is 17.2. The summed E-state index contributed by atoms with van der Waals surface area (Å²) >= 11 is 6.15. The van der Waals surface area contributed by atoms with Gasteiger partial charge in [0.15, 0.2) is 13.1 Å². The predicted octanol–water partition coefficient (Wildman–Crippen LogP) is 2.13. The van der Waals surface area contributed by atoms with Gasteiger partial charge in [-0.05, 0) is 51.3 Å². The molecule has 0 fully saturated rings. The Labute approximate surface area is 175 Å². The number of aliphatic hydroxyl groups excluding tert-OH is 1. The molecule has 0 saturated carbocycles. The van der Waals surface area contributed by atoms with Gasteiger partial charge < -0.3 is 29.6 Å². The minimum absolute atomic E-state index is 0.185. The molecule has 0 bridgehead atoms. The summed E-state index contributed by atoms with van der Waals surface area (Å²) in [6.45, 7) is 6.52. The van der Waals surface area contributed by atoms with Crippen molar-refractivity contribution in [3.63, 3.8) is 0 Å². The summed E-state index contributed by atoms with van der Waals surface area (Å²) in [5, 5.41) is 23.7. The molecule has 2 rings (SSSR count). The fraction of sp³-hybridized carbons (Fsp3) is 0.579. The molecule has 1 aromatic carbocycles. The average molecular weight is 428 g/mol. The second-order valence-electron chi connectivity index (χ2n) is 7.94. The van der Waals surface area contributed by atoms with Crippen LogP contribution in [0.5, 0.6) is 5.75 Å². The molecule has 0 radical (unpaired) electrons. The molecule has 0 aliphatic carbocycles. The lowest BCUT2D eigenvalue weighted by Crippen LogP contribution is -2.53. The number of fused-ring (bicyclic) bond motifs is 1. The Kier molecular flexibility index (Phi) is 7.93. The highest BCUT2D eigenvalue weighted by Gasteiger charge is 2.38. The van der Waals surface area contributed by atoms with Crippen molar-refractivity contribution in [1.29, 1.82) is 0 Å². The summed E-state index contributed by atoms with van der Waals surface area (Å²) in [6, 6.07) is 3.08. The SMILES string of the molecule is CCCC(=O)N[C@H]1Cc2cc(Cl)cc(C(O)OCOC(=O)C(C)(C)C)c2OB1O. The highest BCUT2D eigenvalue weighted by Crippen LogP contribution is 2.37. The summed E-state index contributed by atoms with van der Waals surface area (Å²) in [4.78, 5) is 23.6. The van der Waals surface area contributed by atoms with Gasteiger partial charge in [-0.3, -0.25) is 9.59 Å². The van der Waals surface area contributed by atoms with Crippen molar-refractivity contribution in [2.75, 3.05) is 6.79 Å². The van der Waals surface area contributed by atoms with Crippen LogP contribution in [0.4, 0.5) is 0 Å². The van der Waals surface area contributed by atoms with Gasteiger partial charge in [0.05, 0.1) is 11.4 Å². The fourth-order valence-corrected chi connectivity index (χ4v) is 3.03. The van der Waals surface area contributed by atoms with Crippen molar-refractivity contribution < 1.29 is 33.8 Å². The Morgan fingerprint density at radius 1 is 1.41 bits per heavy atom. The maximum absolute atomic E-state index is 11.8. The first-order valence-corrected chi connectivity index (χ1v) is 9.84. The lowest BCUT2D eigenvalue weighted by Gasteiger charge is -2.30. The van der Waals surface area contributed by atoms with Crippen LogP contribution < -0.4 is 9.97 Å². The minimum Gasteiger partial charge on any atom is -0.534 e. The number of rotatable bonds is 7. The van der Waals surface area contributed by atoms with Crippen LogP contribution in [0, 0.1) is 5.41 Å². The number of aliphatic hydroxyl groups is 1. The Balaban J connectivity index is 2.11. The second kappa shape index (κ2) is 9.80. The molecular formula is C19H27BClNO7. The number of hydrogen-bond acceptors (Lipinski definition) is 7. The number of halogens is 1. The van der Waals surface area contributed by atoms with E-state index in [0.29, 0.717) is 23.4 Å². The summed E-state index contributed by atoms with van der Waals surface area (Å²) in [5.74, 6) is -1.08. The van der Waals surface area contributed by atoms with Crippen molar-refractivity contribution in [2.24, 2.45) is 5.41 Å². The third-order valence-electron chi connectivity index (χ3n) is 4.30. The van der Waals surface area contributed by atoms with Crippen molar-refractivity contribution in [1.82, 2.24) is 5.32 Å². The van der Waals surface area contributed by atoms with E-state index in [-0.39, 0.29) is 23.6 Å². The third-order valence-corrected chi connectivity index (χ3v) is 4.52. The van der Waals surface area contributed by atoms with E-state index >= 15 is 0 Å². The van der Waals surface area contributed by atoms with Crippen LogP contribution >= 0.6 is 11.6 Å². The zero-order valence-corrected chi connectivity index (χ0v) is 17.8. The first-order valence-electron chi connectivity index (χ1n) is 9.46. The second-order valence-corrected chi connectivity index (χ2v) is 8.37. The molecule has 10 heteroatoms. The number of hydrogen-bond donors (Lipinski definition) is 3. The monoisotopic (exact) mass is 427 g/mol. The van der Waals surface area contributed by atoms with Crippen LogP contribution in [-0.2, 0) is 25.5 Å². The first kappa shape index (κ1) is 23.5. The lowest BCUT2D eigenvalue weighted by atomic mass is 9.72. The molecule has 8 nitrogen and oxygen atoms in total. The smallest absolute Gasteiger partial charge is 0.534 e. The maximum atomic E-state index is 11.8. The van der Waals surface area contributed by atoms with Gasteiger partial charge in [-0.2, -0.15) is 0 Å². The largest absolute Gasteiger partial charge is 0.547 e. The van der Waals surface area contributed by atoms with E-state index in [0.717, 1.165) is 0 Å². The summed E-state index contributed by atoms with van der Waals surface area (Å²) < 4.78 is 15.7. The van der Waals surface area contributed by atoms with Crippen LogP contribution in [0.15, 0.2) is 12.1 Å². The van der Waals surface area contributed by atoms with Gasteiger partial charge >= 0.3 is 13.1 Å². The van der Waals surface area contributed by atoms with Gasteiger partial charge in [0.1, 0.15) is 5.75 Å². The van der Waals surface area contributed by atoms with Crippen LogP contribution in [0.1, 0.15) is 58.0 Å². The van der Waals surface area contributed by atoms with Gasteiger partial charge in [-0.1, -0.05) is 18.5 Å². The molecule has 1 amide bonds. The van der Waals surface area contributed by atoms with Crippen LogP contribution in [-0.4, -0.2) is 41.9 Å². The topological polar surface area (TPSA) is 114 Å². The van der Waals surface area contributed by atoms with E-state index in [1.165, 1.54) is 6.07 Å². The molecule has 160 valence electrons. The Morgan fingerprint density at radius 3 is 2.72 bits per heavy atom. The summed E-state index contributed by atoms with van der Waals surface area (Å²) in [6.07, 6.45) is -0.193. The van der Waals surface area contributed by atoms with Gasteiger partial charge in [-0.25, -0.2) is 0 Å². The van der Waals surface area contributed by atoms with Gasteiger partial charge in [-0.15, -0.1) is 0 Å². The van der Waals surface area contributed by atoms with Crippen molar-refractivity contribution in [3.05, 3.63) is 28.3 Å². The fourth-order valence-electron chi connectivity index (χ4n) is 2.78. The molecule has 0 aromatic heterocycles. The molecule has 0 spiro atoms. The number of nitrogens with one attached hydrogen (secondary N) is 1. The molecule has 1 unspecified atom stereocenters. The number of esters is 1. The molecule has 1 aliphatic heterocycles. The maximum Gasteiger partial charge on any atom is 0.547 e. The molecule has 29 heavy (non-hydrogen) atoms. The average Bonchev–Trinajstić information content (AvgIpc) is 2.61. The highest BCUT2D eigenvalue weighted by atomic mass is 35.5. The molecular weight excluding hydrogens is 400 g/mol. The van der Waals surface area contributed by atoms with Gasteiger partial charge in [0.25, 0.3) is 0 Å². The standard InChI is InChI=1S/C19H27BClNO7/c1-5-6-15(23)22-14-8-11-7-12(21)9-13(16(11)29-20(14)26)17(24)27-10-28-18(25)19(2,3)4/h7,9,14,17,24,26H,5-6,8,10H2,1-4H3,(H,22,23)/t14-,17?/m0/s1. The molecule has 1 aliphatic rings. The van der Waals surface area contributed by atoms with E-state index in [4.69, 9.17) is 25.7 Å². The molecule has 2 atom stereocenters. The van der Waals surface area contributed by atoms with E-state index in [2.05, 4.69) is 5.32 Å². The van der Waals surface area contributed by atoms with Crippen LogP contribution in [0.2, 0.25) is 5.02 Å². The van der Waals surface area contributed by atoms with E-state index in [9.17, 15) is 19.7 Å². The number of carbonyl (C=O) groups is 2. The Bertz CT molecular complexity index is 753. The predicted molar refractivity (Wildman–Crippen MR) is 107 cm³/mol. The summed E-state index contributed by atoms with van der Waals surface area (Å²) in [7, 11) is -1.30.